The first-order valence-electron chi connectivity index (χ1n) is 6.07. The third-order valence-electron chi connectivity index (χ3n) is 3.55. The van der Waals surface area contributed by atoms with Gasteiger partial charge >= 0.3 is 6.18 Å². The molecule has 2 rings (SSSR count). The largest absolute Gasteiger partial charge is 0.393 e. The molecule has 2 fully saturated rings. The molecule has 2 atom stereocenters. The van der Waals surface area contributed by atoms with Crippen LogP contribution in [0.1, 0.15) is 25.7 Å². The Bertz CT molecular complexity index is 287. The first-order valence-corrected chi connectivity index (χ1v) is 6.07. The van der Waals surface area contributed by atoms with E-state index in [2.05, 4.69) is 5.32 Å². The number of piperidine rings is 1. The Labute approximate surface area is 98.3 Å². The highest BCUT2D eigenvalue weighted by molar-refractivity contribution is 5.82. The van der Waals surface area contributed by atoms with E-state index < -0.39 is 12.1 Å². The number of amides is 1. The third-order valence-corrected chi connectivity index (χ3v) is 3.55. The molecule has 0 aliphatic carbocycles. The maximum absolute atomic E-state index is 12.6. The zero-order chi connectivity index (χ0) is 12.5. The van der Waals surface area contributed by atoms with Crippen LogP contribution in [0.2, 0.25) is 0 Å². The van der Waals surface area contributed by atoms with Gasteiger partial charge in [0.05, 0.1) is 12.0 Å². The number of halogens is 3. The van der Waals surface area contributed by atoms with Crippen molar-refractivity contribution in [2.75, 3.05) is 19.6 Å². The number of hydrogen-bond acceptors (Lipinski definition) is 2. The van der Waals surface area contributed by atoms with E-state index in [1.54, 1.807) is 0 Å². The molecule has 1 N–H and O–H groups in total. The summed E-state index contributed by atoms with van der Waals surface area (Å²) in [5, 5.41) is 3.03. The molecular formula is C11H17F3N2O. The molecule has 2 aliphatic rings. The van der Waals surface area contributed by atoms with Crippen LogP contribution in [0.15, 0.2) is 0 Å². The number of carbonyl (C=O) groups is 1. The topological polar surface area (TPSA) is 32.3 Å². The molecule has 17 heavy (non-hydrogen) atoms. The van der Waals surface area contributed by atoms with Gasteiger partial charge in [0.1, 0.15) is 0 Å². The SMILES string of the molecule is O=C([C@H]1CCCN1)N1CCC[C@H](C(F)(F)F)C1. The second-order valence-corrected chi connectivity index (χ2v) is 4.81. The van der Waals surface area contributed by atoms with Gasteiger partial charge in [0.15, 0.2) is 0 Å². The van der Waals surface area contributed by atoms with Crippen LogP contribution >= 0.6 is 0 Å². The van der Waals surface area contributed by atoms with Gasteiger partial charge in [-0.15, -0.1) is 0 Å². The monoisotopic (exact) mass is 250 g/mol. The van der Waals surface area contributed by atoms with E-state index in [-0.39, 0.29) is 24.9 Å². The van der Waals surface area contributed by atoms with Crippen molar-refractivity contribution >= 4 is 5.91 Å². The van der Waals surface area contributed by atoms with Crippen LogP contribution < -0.4 is 5.32 Å². The molecule has 3 nitrogen and oxygen atoms in total. The molecule has 1 amide bonds. The first kappa shape index (κ1) is 12.7. The average molecular weight is 250 g/mol. The van der Waals surface area contributed by atoms with E-state index in [0.717, 1.165) is 19.4 Å². The number of hydrogen-bond donors (Lipinski definition) is 1. The Morgan fingerprint density at radius 1 is 1.24 bits per heavy atom. The van der Waals surface area contributed by atoms with E-state index in [1.165, 1.54) is 4.90 Å². The van der Waals surface area contributed by atoms with E-state index in [0.29, 0.717) is 13.0 Å². The molecule has 0 aromatic carbocycles. The summed E-state index contributed by atoms with van der Waals surface area (Å²) < 4.78 is 37.8. The zero-order valence-electron chi connectivity index (χ0n) is 9.59. The smallest absolute Gasteiger partial charge is 0.341 e. The van der Waals surface area contributed by atoms with Crippen molar-refractivity contribution in [1.82, 2.24) is 10.2 Å². The lowest BCUT2D eigenvalue weighted by molar-refractivity contribution is -0.188. The van der Waals surface area contributed by atoms with Crippen molar-refractivity contribution in [3.63, 3.8) is 0 Å². The van der Waals surface area contributed by atoms with Gasteiger partial charge in [0, 0.05) is 13.1 Å². The molecule has 98 valence electrons. The Morgan fingerprint density at radius 2 is 2.00 bits per heavy atom. The minimum atomic E-state index is -4.18. The summed E-state index contributed by atoms with van der Waals surface area (Å²) in [6.45, 7) is 1.08. The Kier molecular flexibility index (Phi) is 3.61. The third kappa shape index (κ3) is 2.91. The molecule has 0 bridgehead atoms. The van der Waals surface area contributed by atoms with E-state index >= 15 is 0 Å². The standard InChI is InChI=1S/C11H17F3N2O/c12-11(13,14)8-3-2-6-16(7-8)10(17)9-4-1-5-15-9/h8-9,15H,1-7H2/t8-,9+/m0/s1. The van der Waals surface area contributed by atoms with E-state index in [9.17, 15) is 18.0 Å². The summed E-state index contributed by atoms with van der Waals surface area (Å²) in [6, 6.07) is -0.262. The van der Waals surface area contributed by atoms with Crippen LogP contribution in [0.4, 0.5) is 13.2 Å². The summed E-state index contributed by atoms with van der Waals surface area (Å²) in [6.07, 6.45) is -1.92. The number of nitrogens with one attached hydrogen (secondary N) is 1. The van der Waals surface area contributed by atoms with Gasteiger partial charge in [-0.2, -0.15) is 13.2 Å². The summed E-state index contributed by atoms with van der Waals surface area (Å²) in [7, 11) is 0. The molecule has 6 heteroatoms. The lowest BCUT2D eigenvalue weighted by Crippen LogP contribution is -2.50. The molecule has 0 spiro atoms. The predicted molar refractivity (Wildman–Crippen MR) is 56.4 cm³/mol. The number of carbonyl (C=O) groups excluding carboxylic acids is 1. The van der Waals surface area contributed by atoms with Crippen LogP contribution in [-0.2, 0) is 4.79 Å². The van der Waals surface area contributed by atoms with Crippen molar-refractivity contribution in [2.24, 2.45) is 5.92 Å². The fraction of sp³-hybridized carbons (Fsp3) is 0.909. The van der Waals surface area contributed by atoms with Crippen molar-refractivity contribution in [1.29, 1.82) is 0 Å². The van der Waals surface area contributed by atoms with Crippen molar-refractivity contribution < 1.29 is 18.0 Å². The van der Waals surface area contributed by atoms with Crippen LogP contribution in [0.3, 0.4) is 0 Å². The molecule has 2 aliphatic heterocycles. The number of rotatable bonds is 1. The molecular weight excluding hydrogens is 233 g/mol. The van der Waals surface area contributed by atoms with Crippen molar-refractivity contribution in [3.05, 3.63) is 0 Å². The summed E-state index contributed by atoms with van der Waals surface area (Å²) in [4.78, 5) is 13.3. The Hall–Kier alpha value is -0.780. The fourth-order valence-corrected chi connectivity index (χ4v) is 2.56. The highest BCUT2D eigenvalue weighted by Gasteiger charge is 2.43. The molecule has 0 radical (unpaired) electrons. The maximum atomic E-state index is 12.6. The minimum Gasteiger partial charge on any atom is -0.341 e. The summed E-state index contributed by atoms with van der Waals surface area (Å²) >= 11 is 0. The molecule has 2 heterocycles. The van der Waals surface area contributed by atoms with E-state index in [4.69, 9.17) is 0 Å². The van der Waals surface area contributed by atoms with Gasteiger partial charge in [0.25, 0.3) is 0 Å². The van der Waals surface area contributed by atoms with Gasteiger partial charge in [-0.3, -0.25) is 4.79 Å². The second kappa shape index (κ2) is 4.84. The molecule has 0 unspecified atom stereocenters. The first-order chi connectivity index (χ1) is 7.98. The number of alkyl halides is 3. The second-order valence-electron chi connectivity index (χ2n) is 4.81. The van der Waals surface area contributed by atoms with Crippen molar-refractivity contribution in [2.45, 2.75) is 37.9 Å². The van der Waals surface area contributed by atoms with Gasteiger partial charge < -0.3 is 10.2 Å². The maximum Gasteiger partial charge on any atom is 0.393 e. The van der Waals surface area contributed by atoms with Crippen LogP contribution in [-0.4, -0.2) is 42.7 Å². The summed E-state index contributed by atoms with van der Waals surface area (Å²) in [5.74, 6) is -1.50. The highest BCUT2D eigenvalue weighted by atomic mass is 19.4. The molecule has 0 saturated carbocycles. The summed E-state index contributed by atoms with van der Waals surface area (Å²) in [5.41, 5.74) is 0. The molecule has 2 saturated heterocycles. The van der Waals surface area contributed by atoms with E-state index in [1.807, 2.05) is 0 Å². The van der Waals surface area contributed by atoms with Crippen LogP contribution in [0.5, 0.6) is 0 Å². The predicted octanol–water partition coefficient (Wildman–Crippen LogP) is 1.54. The van der Waals surface area contributed by atoms with Crippen LogP contribution in [0.25, 0.3) is 0 Å². The van der Waals surface area contributed by atoms with Crippen molar-refractivity contribution in [3.8, 4) is 0 Å². The quantitative estimate of drug-likeness (QED) is 0.765. The van der Waals surface area contributed by atoms with Gasteiger partial charge in [0.2, 0.25) is 5.91 Å². The highest BCUT2D eigenvalue weighted by Crippen LogP contribution is 2.33. The molecule has 0 aromatic heterocycles. The Morgan fingerprint density at radius 3 is 2.59 bits per heavy atom. The zero-order valence-corrected chi connectivity index (χ0v) is 9.59. The number of likely N-dealkylation sites (tertiary alicyclic amines) is 1. The fourth-order valence-electron chi connectivity index (χ4n) is 2.56. The Balaban J connectivity index is 1.94. The minimum absolute atomic E-state index is 0.144. The van der Waals surface area contributed by atoms with Gasteiger partial charge in [-0.1, -0.05) is 0 Å². The van der Waals surface area contributed by atoms with Crippen LogP contribution in [0, 0.1) is 5.92 Å². The lowest BCUT2D eigenvalue weighted by atomic mass is 9.97. The normalized spacial score (nSPS) is 30.6. The van der Waals surface area contributed by atoms with Gasteiger partial charge in [-0.25, -0.2) is 0 Å². The lowest BCUT2D eigenvalue weighted by Gasteiger charge is -2.35. The molecule has 0 aromatic rings. The van der Waals surface area contributed by atoms with Gasteiger partial charge in [-0.05, 0) is 32.2 Å². The number of nitrogens with zero attached hydrogens (tertiary/aromatic N) is 1. The average Bonchev–Trinajstić information content (AvgIpc) is 2.80.